The van der Waals surface area contributed by atoms with Crippen molar-refractivity contribution in [1.82, 2.24) is 9.80 Å². The van der Waals surface area contributed by atoms with Gasteiger partial charge in [0.1, 0.15) is 0 Å². The van der Waals surface area contributed by atoms with E-state index in [0.717, 1.165) is 38.4 Å². The molecule has 2 fully saturated rings. The molecule has 2 heterocycles. The van der Waals surface area contributed by atoms with Gasteiger partial charge in [-0.25, -0.2) is 0 Å². The molecule has 2 aliphatic heterocycles. The third-order valence-corrected chi connectivity index (χ3v) is 4.54. The molecule has 0 radical (unpaired) electrons. The highest BCUT2D eigenvalue weighted by molar-refractivity contribution is 4.90. The van der Waals surface area contributed by atoms with Crippen molar-refractivity contribution in [2.24, 2.45) is 5.73 Å². The minimum atomic E-state index is -0.319. The Morgan fingerprint density at radius 1 is 1.18 bits per heavy atom. The molecule has 1 unspecified atom stereocenters. The number of rotatable bonds is 2. The summed E-state index contributed by atoms with van der Waals surface area (Å²) in [6.07, 6.45) is 5.60. The van der Waals surface area contributed by atoms with Crippen LogP contribution in [0, 0.1) is 0 Å². The average molecular weight is 241 g/mol. The van der Waals surface area contributed by atoms with E-state index in [0.29, 0.717) is 0 Å². The third kappa shape index (κ3) is 3.41. The average Bonchev–Trinajstić information content (AvgIpc) is 2.53. The molecule has 0 spiro atoms. The summed E-state index contributed by atoms with van der Waals surface area (Å²) in [5.41, 5.74) is 5.87. The van der Waals surface area contributed by atoms with Crippen molar-refractivity contribution >= 4 is 0 Å². The number of aliphatic hydroxyl groups excluding tert-OH is 1. The third-order valence-electron chi connectivity index (χ3n) is 4.54. The summed E-state index contributed by atoms with van der Waals surface area (Å²) in [5, 5.41) is 9.36. The predicted octanol–water partition coefficient (Wildman–Crippen LogP) is 0.256. The zero-order valence-electron chi connectivity index (χ0n) is 11.1. The van der Waals surface area contributed by atoms with Gasteiger partial charge in [-0.15, -0.1) is 0 Å². The lowest BCUT2D eigenvalue weighted by Crippen LogP contribution is -2.46. The van der Waals surface area contributed by atoms with E-state index in [2.05, 4.69) is 16.8 Å². The number of likely N-dealkylation sites (tertiary alicyclic amines) is 2. The van der Waals surface area contributed by atoms with Crippen LogP contribution in [0.15, 0.2) is 0 Å². The molecule has 0 aromatic heterocycles. The van der Waals surface area contributed by atoms with Crippen LogP contribution in [-0.2, 0) is 0 Å². The van der Waals surface area contributed by atoms with Crippen molar-refractivity contribution in [3.05, 3.63) is 0 Å². The lowest BCUT2D eigenvalue weighted by molar-refractivity contribution is 0.118. The van der Waals surface area contributed by atoms with Crippen molar-refractivity contribution in [2.75, 3.05) is 39.8 Å². The maximum absolute atomic E-state index is 9.36. The predicted molar refractivity (Wildman–Crippen MR) is 69.9 cm³/mol. The summed E-state index contributed by atoms with van der Waals surface area (Å²) in [6.45, 7) is 4.79. The zero-order chi connectivity index (χ0) is 12.3. The first-order valence-electron chi connectivity index (χ1n) is 6.95. The number of hydrogen-bond donors (Lipinski definition) is 2. The second kappa shape index (κ2) is 5.65. The normalized spacial score (nSPS) is 34.8. The summed E-state index contributed by atoms with van der Waals surface area (Å²) < 4.78 is 0. The Morgan fingerprint density at radius 2 is 1.88 bits per heavy atom. The lowest BCUT2D eigenvalue weighted by atomic mass is 9.93. The molecule has 2 saturated heterocycles. The first kappa shape index (κ1) is 13.3. The van der Waals surface area contributed by atoms with Crippen molar-refractivity contribution in [3.63, 3.8) is 0 Å². The van der Waals surface area contributed by atoms with E-state index in [1.807, 2.05) is 0 Å². The summed E-state index contributed by atoms with van der Waals surface area (Å²) >= 11 is 0. The largest absolute Gasteiger partial charge is 0.394 e. The van der Waals surface area contributed by atoms with Crippen molar-refractivity contribution in [2.45, 2.75) is 43.7 Å². The monoisotopic (exact) mass is 241 g/mol. The highest BCUT2D eigenvalue weighted by Gasteiger charge is 2.31. The Bertz CT molecular complexity index is 241. The van der Waals surface area contributed by atoms with Crippen LogP contribution in [0.5, 0.6) is 0 Å². The quantitative estimate of drug-likeness (QED) is 0.728. The van der Waals surface area contributed by atoms with E-state index in [1.54, 1.807) is 0 Å². The van der Waals surface area contributed by atoms with Gasteiger partial charge in [-0.1, -0.05) is 0 Å². The summed E-state index contributed by atoms with van der Waals surface area (Å²) in [6, 6.07) is 0.743. The maximum Gasteiger partial charge on any atom is 0.0611 e. The Balaban J connectivity index is 1.86. The number of nitrogens with zero attached hydrogens (tertiary/aromatic N) is 2. The van der Waals surface area contributed by atoms with E-state index in [-0.39, 0.29) is 12.1 Å². The van der Waals surface area contributed by atoms with Gasteiger partial charge in [0.25, 0.3) is 0 Å². The van der Waals surface area contributed by atoms with Crippen LogP contribution in [-0.4, -0.2) is 66.3 Å². The molecule has 0 aliphatic carbocycles. The first-order valence-corrected chi connectivity index (χ1v) is 6.95. The van der Waals surface area contributed by atoms with E-state index < -0.39 is 0 Å². The molecular formula is C13H27N3O. The van der Waals surface area contributed by atoms with Gasteiger partial charge < -0.3 is 20.6 Å². The van der Waals surface area contributed by atoms with Gasteiger partial charge in [-0.05, 0) is 58.8 Å². The molecule has 17 heavy (non-hydrogen) atoms. The van der Waals surface area contributed by atoms with Gasteiger partial charge in [-0.3, -0.25) is 0 Å². The molecular weight excluding hydrogens is 214 g/mol. The molecule has 4 nitrogen and oxygen atoms in total. The second-order valence-corrected chi connectivity index (χ2v) is 5.94. The van der Waals surface area contributed by atoms with Crippen LogP contribution in [0.25, 0.3) is 0 Å². The molecule has 1 atom stereocenters. The van der Waals surface area contributed by atoms with Crippen LogP contribution < -0.4 is 5.73 Å². The Morgan fingerprint density at radius 3 is 2.53 bits per heavy atom. The highest BCUT2D eigenvalue weighted by Crippen LogP contribution is 2.24. The van der Waals surface area contributed by atoms with Gasteiger partial charge in [0, 0.05) is 18.1 Å². The van der Waals surface area contributed by atoms with Gasteiger partial charge in [0.2, 0.25) is 0 Å². The number of aliphatic hydroxyl groups is 1. The summed E-state index contributed by atoms with van der Waals surface area (Å²) in [4.78, 5) is 5.02. The van der Waals surface area contributed by atoms with Crippen molar-refractivity contribution in [1.29, 1.82) is 0 Å². The van der Waals surface area contributed by atoms with Crippen LogP contribution in [0.1, 0.15) is 32.1 Å². The van der Waals surface area contributed by atoms with Crippen LogP contribution in [0.2, 0.25) is 0 Å². The fraction of sp³-hybridized carbons (Fsp3) is 1.00. The number of hydrogen-bond acceptors (Lipinski definition) is 4. The fourth-order valence-corrected chi connectivity index (χ4v) is 3.12. The number of piperidine rings is 1. The van der Waals surface area contributed by atoms with Crippen LogP contribution in [0.3, 0.4) is 0 Å². The molecule has 0 amide bonds. The maximum atomic E-state index is 9.36. The molecule has 100 valence electrons. The van der Waals surface area contributed by atoms with Crippen molar-refractivity contribution < 1.29 is 5.11 Å². The highest BCUT2D eigenvalue weighted by atomic mass is 16.3. The molecule has 0 aromatic carbocycles. The molecule has 2 aliphatic rings. The molecule has 0 aromatic rings. The van der Waals surface area contributed by atoms with Gasteiger partial charge in [0.05, 0.1) is 6.61 Å². The standard InChI is InChI=1S/C13H27N3O/c1-15-8-3-12(4-9-15)16-7-2-5-13(14,11-17)6-10-16/h12,17H,2-11,14H2,1H3. The topological polar surface area (TPSA) is 52.7 Å². The second-order valence-electron chi connectivity index (χ2n) is 5.94. The fourth-order valence-electron chi connectivity index (χ4n) is 3.12. The van der Waals surface area contributed by atoms with E-state index >= 15 is 0 Å². The Hall–Kier alpha value is -0.160. The minimum Gasteiger partial charge on any atom is -0.394 e. The SMILES string of the molecule is CN1CCC(N2CCCC(N)(CO)CC2)CC1. The molecule has 2 rings (SSSR count). The molecule has 3 N–H and O–H groups in total. The summed E-state index contributed by atoms with van der Waals surface area (Å²) in [5.74, 6) is 0. The Labute approximate surface area is 105 Å². The van der Waals surface area contributed by atoms with E-state index in [1.165, 1.54) is 25.9 Å². The summed E-state index contributed by atoms with van der Waals surface area (Å²) in [7, 11) is 2.20. The van der Waals surface area contributed by atoms with Crippen LogP contribution in [0.4, 0.5) is 0 Å². The minimum absolute atomic E-state index is 0.133. The first-order chi connectivity index (χ1) is 8.13. The zero-order valence-corrected chi connectivity index (χ0v) is 11.1. The smallest absolute Gasteiger partial charge is 0.0611 e. The molecule has 0 saturated carbocycles. The van der Waals surface area contributed by atoms with Gasteiger partial charge >= 0.3 is 0 Å². The Kier molecular flexibility index (Phi) is 4.42. The number of nitrogens with two attached hydrogens (primary N) is 1. The molecule has 4 heteroatoms. The van der Waals surface area contributed by atoms with E-state index in [9.17, 15) is 5.11 Å². The molecule has 0 bridgehead atoms. The van der Waals surface area contributed by atoms with E-state index in [4.69, 9.17) is 5.73 Å². The lowest BCUT2D eigenvalue weighted by Gasteiger charge is -2.37. The van der Waals surface area contributed by atoms with Gasteiger partial charge in [-0.2, -0.15) is 0 Å². The van der Waals surface area contributed by atoms with Crippen molar-refractivity contribution in [3.8, 4) is 0 Å². The van der Waals surface area contributed by atoms with Gasteiger partial charge in [0.15, 0.2) is 0 Å². The van der Waals surface area contributed by atoms with Crippen LogP contribution >= 0.6 is 0 Å².